The standard InChI is InChI=1S/C21H21Cl2N3O4/c1-12(2)19(24-18(27)11-29-17-9-6-14(22)10-16(17)23)21-25-20(26-30-21)13-4-7-15(28-3)8-5-13/h4-10,12,19H,11H2,1-3H3,(H,24,27). The predicted molar refractivity (Wildman–Crippen MR) is 114 cm³/mol. The van der Waals surface area contributed by atoms with Gasteiger partial charge in [0.15, 0.2) is 6.61 Å². The zero-order chi connectivity index (χ0) is 21.7. The number of ether oxygens (including phenoxy) is 2. The van der Waals surface area contributed by atoms with Crippen molar-refractivity contribution in [2.24, 2.45) is 5.92 Å². The highest BCUT2D eigenvalue weighted by Gasteiger charge is 2.25. The van der Waals surface area contributed by atoms with E-state index in [2.05, 4.69) is 15.5 Å². The van der Waals surface area contributed by atoms with Gasteiger partial charge in [-0.1, -0.05) is 42.2 Å². The van der Waals surface area contributed by atoms with E-state index in [9.17, 15) is 4.79 Å². The molecule has 1 N–H and O–H groups in total. The smallest absolute Gasteiger partial charge is 0.258 e. The Morgan fingerprint density at radius 2 is 1.90 bits per heavy atom. The first-order chi connectivity index (χ1) is 14.4. The fourth-order valence-corrected chi connectivity index (χ4v) is 3.15. The molecule has 1 aromatic heterocycles. The molecule has 2 aromatic carbocycles. The fourth-order valence-electron chi connectivity index (χ4n) is 2.68. The van der Waals surface area contributed by atoms with Gasteiger partial charge in [0.1, 0.15) is 17.5 Å². The van der Waals surface area contributed by atoms with Gasteiger partial charge >= 0.3 is 0 Å². The van der Waals surface area contributed by atoms with Gasteiger partial charge in [0, 0.05) is 10.6 Å². The third kappa shape index (κ3) is 5.43. The van der Waals surface area contributed by atoms with E-state index in [1.807, 2.05) is 38.1 Å². The van der Waals surface area contributed by atoms with Crippen molar-refractivity contribution in [3.63, 3.8) is 0 Å². The lowest BCUT2D eigenvalue weighted by Gasteiger charge is -2.18. The maximum absolute atomic E-state index is 12.4. The summed E-state index contributed by atoms with van der Waals surface area (Å²) in [5.74, 6) is 1.51. The van der Waals surface area contributed by atoms with Gasteiger partial charge in [0.25, 0.3) is 5.91 Å². The minimum absolute atomic E-state index is 0.0113. The number of hydrogen-bond donors (Lipinski definition) is 1. The average molecular weight is 450 g/mol. The normalized spacial score (nSPS) is 11.9. The van der Waals surface area contributed by atoms with Crippen LogP contribution in [0.1, 0.15) is 25.8 Å². The number of nitrogens with one attached hydrogen (secondary N) is 1. The second-order valence-electron chi connectivity index (χ2n) is 6.84. The van der Waals surface area contributed by atoms with Crippen molar-refractivity contribution in [1.82, 2.24) is 15.5 Å². The molecule has 1 heterocycles. The molecule has 0 aliphatic heterocycles. The van der Waals surface area contributed by atoms with Crippen LogP contribution in [0.5, 0.6) is 11.5 Å². The zero-order valence-electron chi connectivity index (χ0n) is 16.7. The molecule has 7 nitrogen and oxygen atoms in total. The maximum Gasteiger partial charge on any atom is 0.258 e. The number of carbonyl (C=O) groups is 1. The number of nitrogens with zero attached hydrogens (tertiary/aromatic N) is 2. The quantitative estimate of drug-likeness (QED) is 0.523. The monoisotopic (exact) mass is 449 g/mol. The molecule has 0 saturated heterocycles. The van der Waals surface area contributed by atoms with Gasteiger partial charge < -0.3 is 19.3 Å². The highest BCUT2D eigenvalue weighted by molar-refractivity contribution is 6.35. The summed E-state index contributed by atoms with van der Waals surface area (Å²) >= 11 is 11.9. The summed E-state index contributed by atoms with van der Waals surface area (Å²) in [6.45, 7) is 3.67. The molecule has 0 fully saturated rings. The Kier molecular flexibility index (Phi) is 7.18. The predicted octanol–water partition coefficient (Wildman–Crippen LogP) is 4.94. The van der Waals surface area contributed by atoms with Crippen molar-refractivity contribution in [3.05, 3.63) is 58.4 Å². The summed E-state index contributed by atoms with van der Waals surface area (Å²) in [6, 6.07) is 11.6. The summed E-state index contributed by atoms with van der Waals surface area (Å²) in [4.78, 5) is 16.9. The molecular formula is C21H21Cl2N3O4. The summed E-state index contributed by atoms with van der Waals surface area (Å²) in [5.41, 5.74) is 0.778. The molecule has 30 heavy (non-hydrogen) atoms. The first-order valence-corrected chi connectivity index (χ1v) is 9.98. The van der Waals surface area contributed by atoms with E-state index in [4.69, 9.17) is 37.2 Å². The second-order valence-corrected chi connectivity index (χ2v) is 7.68. The number of hydrogen-bond acceptors (Lipinski definition) is 6. The summed E-state index contributed by atoms with van der Waals surface area (Å²) in [6.07, 6.45) is 0. The fraction of sp³-hybridized carbons (Fsp3) is 0.286. The number of benzene rings is 2. The van der Waals surface area contributed by atoms with Crippen molar-refractivity contribution >= 4 is 29.1 Å². The van der Waals surface area contributed by atoms with Crippen LogP contribution in [0, 0.1) is 5.92 Å². The van der Waals surface area contributed by atoms with E-state index < -0.39 is 6.04 Å². The van der Waals surface area contributed by atoms with Crippen molar-refractivity contribution in [1.29, 1.82) is 0 Å². The van der Waals surface area contributed by atoms with Gasteiger partial charge in [-0.2, -0.15) is 4.98 Å². The van der Waals surface area contributed by atoms with Gasteiger partial charge in [-0.3, -0.25) is 4.79 Å². The first-order valence-electron chi connectivity index (χ1n) is 9.22. The third-order valence-electron chi connectivity index (χ3n) is 4.29. The van der Waals surface area contributed by atoms with Crippen LogP contribution in [-0.2, 0) is 4.79 Å². The Hall–Kier alpha value is -2.77. The van der Waals surface area contributed by atoms with E-state index >= 15 is 0 Å². The van der Waals surface area contributed by atoms with Crippen molar-refractivity contribution < 1.29 is 18.8 Å². The van der Waals surface area contributed by atoms with Crippen LogP contribution < -0.4 is 14.8 Å². The molecule has 0 spiro atoms. The molecule has 0 bridgehead atoms. The molecule has 1 unspecified atom stereocenters. The molecule has 0 radical (unpaired) electrons. The lowest BCUT2D eigenvalue weighted by Crippen LogP contribution is -2.35. The van der Waals surface area contributed by atoms with Crippen molar-refractivity contribution in [2.75, 3.05) is 13.7 Å². The molecule has 1 atom stereocenters. The zero-order valence-corrected chi connectivity index (χ0v) is 18.2. The Balaban J connectivity index is 1.66. The Bertz CT molecular complexity index is 1010. The molecule has 1 amide bonds. The second kappa shape index (κ2) is 9.82. The van der Waals surface area contributed by atoms with E-state index in [-0.39, 0.29) is 18.4 Å². The van der Waals surface area contributed by atoms with Gasteiger partial charge in [0.05, 0.1) is 12.1 Å². The number of aromatic nitrogens is 2. The number of methoxy groups -OCH3 is 1. The van der Waals surface area contributed by atoms with Gasteiger partial charge in [0.2, 0.25) is 11.7 Å². The van der Waals surface area contributed by atoms with Crippen LogP contribution in [0.4, 0.5) is 0 Å². The molecule has 3 rings (SSSR count). The lowest BCUT2D eigenvalue weighted by atomic mass is 10.0. The van der Waals surface area contributed by atoms with Gasteiger partial charge in [-0.15, -0.1) is 0 Å². The summed E-state index contributed by atoms with van der Waals surface area (Å²) < 4.78 is 16.1. The van der Waals surface area contributed by atoms with Gasteiger partial charge in [-0.05, 0) is 48.4 Å². The van der Waals surface area contributed by atoms with Crippen molar-refractivity contribution in [2.45, 2.75) is 19.9 Å². The minimum atomic E-state index is -0.471. The SMILES string of the molecule is COc1ccc(-c2noc(C(NC(=O)COc3ccc(Cl)cc3Cl)C(C)C)n2)cc1. The molecule has 0 saturated carbocycles. The highest BCUT2D eigenvalue weighted by Crippen LogP contribution is 2.28. The first kappa shape index (κ1) is 21.9. The van der Waals surface area contributed by atoms with Crippen LogP contribution in [-0.4, -0.2) is 29.8 Å². The molecule has 158 valence electrons. The number of carbonyl (C=O) groups excluding carboxylic acids is 1. The Labute approximate surface area is 184 Å². The Morgan fingerprint density at radius 1 is 1.17 bits per heavy atom. The van der Waals surface area contributed by atoms with Crippen LogP contribution in [0.15, 0.2) is 47.0 Å². The van der Waals surface area contributed by atoms with E-state index in [0.29, 0.717) is 27.5 Å². The molecule has 0 aliphatic carbocycles. The molecule has 0 aliphatic rings. The third-order valence-corrected chi connectivity index (χ3v) is 4.82. The largest absolute Gasteiger partial charge is 0.497 e. The molecule has 9 heteroatoms. The van der Waals surface area contributed by atoms with E-state index in [1.165, 1.54) is 0 Å². The van der Waals surface area contributed by atoms with Crippen LogP contribution in [0.25, 0.3) is 11.4 Å². The summed E-state index contributed by atoms with van der Waals surface area (Å²) in [5, 5.41) is 7.71. The Morgan fingerprint density at radius 3 is 2.53 bits per heavy atom. The van der Waals surface area contributed by atoms with Crippen molar-refractivity contribution in [3.8, 4) is 22.9 Å². The van der Waals surface area contributed by atoms with Crippen LogP contribution >= 0.6 is 23.2 Å². The number of amides is 1. The van der Waals surface area contributed by atoms with Crippen LogP contribution in [0.3, 0.4) is 0 Å². The van der Waals surface area contributed by atoms with Crippen LogP contribution in [0.2, 0.25) is 10.0 Å². The molecule has 3 aromatic rings. The van der Waals surface area contributed by atoms with E-state index in [0.717, 1.165) is 11.3 Å². The summed E-state index contributed by atoms with van der Waals surface area (Å²) in [7, 11) is 1.60. The van der Waals surface area contributed by atoms with E-state index in [1.54, 1.807) is 25.3 Å². The minimum Gasteiger partial charge on any atom is -0.497 e. The van der Waals surface area contributed by atoms with Gasteiger partial charge in [-0.25, -0.2) is 0 Å². The number of halogens is 2. The topological polar surface area (TPSA) is 86.5 Å². The average Bonchev–Trinajstić information content (AvgIpc) is 3.21. The highest BCUT2D eigenvalue weighted by atomic mass is 35.5. The lowest BCUT2D eigenvalue weighted by molar-refractivity contribution is -0.124. The number of rotatable bonds is 8. The molecular weight excluding hydrogens is 429 g/mol. The maximum atomic E-state index is 12.4.